The topological polar surface area (TPSA) is 108 Å². The van der Waals surface area contributed by atoms with Crippen LogP contribution in [0.1, 0.15) is 47.1 Å². The van der Waals surface area contributed by atoms with E-state index in [1.807, 2.05) is 54.6 Å². The van der Waals surface area contributed by atoms with Crippen LogP contribution in [-0.2, 0) is 35.0 Å². The number of alkyl carbamates (subject to hydrolysis) is 1. The molecular weight excluding hydrogens is 450 g/mol. The van der Waals surface area contributed by atoms with Crippen molar-refractivity contribution < 1.29 is 33.4 Å². The van der Waals surface area contributed by atoms with Gasteiger partial charge in [-0.05, 0) is 44.4 Å². The minimum absolute atomic E-state index is 0.000594. The summed E-state index contributed by atoms with van der Waals surface area (Å²) in [6.07, 6.45) is -0.854. The van der Waals surface area contributed by atoms with Crippen molar-refractivity contribution in [2.24, 2.45) is 5.92 Å². The highest BCUT2D eigenvalue weighted by atomic mass is 16.7. The number of hydrogen-bond donors (Lipinski definition) is 1. The molecular formula is C27H31NO7. The van der Waals surface area contributed by atoms with E-state index >= 15 is 0 Å². The van der Waals surface area contributed by atoms with Gasteiger partial charge in [0.2, 0.25) is 5.92 Å². The number of amides is 1. The van der Waals surface area contributed by atoms with Gasteiger partial charge < -0.3 is 19.5 Å². The lowest BCUT2D eigenvalue weighted by atomic mass is 9.81. The fraction of sp³-hybridized carbons (Fsp3) is 0.407. The van der Waals surface area contributed by atoms with E-state index < -0.39 is 46.7 Å². The zero-order chi connectivity index (χ0) is 26.0. The number of rotatable bonds is 6. The maximum atomic E-state index is 13.6. The van der Waals surface area contributed by atoms with Gasteiger partial charge in [0.25, 0.3) is 5.79 Å². The first-order valence-corrected chi connectivity index (χ1v) is 11.3. The molecule has 1 N–H and O–H groups in total. The van der Waals surface area contributed by atoms with Crippen LogP contribution in [0.5, 0.6) is 0 Å². The van der Waals surface area contributed by atoms with Crippen LogP contribution in [-0.4, -0.2) is 40.7 Å². The van der Waals surface area contributed by atoms with Crippen molar-refractivity contribution >= 4 is 23.8 Å². The highest BCUT2D eigenvalue weighted by Crippen LogP contribution is 2.29. The molecule has 0 aromatic heterocycles. The molecule has 0 aliphatic carbocycles. The molecule has 1 amide bonds. The number of ether oxygens (including phenoxy) is 3. The van der Waals surface area contributed by atoms with Gasteiger partial charge in [0.05, 0.1) is 0 Å². The maximum Gasteiger partial charge on any atom is 0.408 e. The average Bonchev–Trinajstić information content (AvgIpc) is 2.72. The lowest BCUT2D eigenvalue weighted by Gasteiger charge is -2.37. The number of ketones is 1. The van der Waals surface area contributed by atoms with Crippen LogP contribution in [0.25, 0.3) is 11.1 Å². The minimum atomic E-state index is -1.83. The smallest absolute Gasteiger partial charge is 0.408 e. The SMILES string of the molecule is CC(C)(C)OC(=O)N[C@@](C)(Cc1ccc(-c2ccccc2)cc1)C(=O)C1C(=O)OC(C)(C)OC1=O. The molecule has 1 saturated heterocycles. The number of esters is 2. The van der Waals surface area contributed by atoms with Gasteiger partial charge in [0.15, 0.2) is 5.78 Å². The van der Waals surface area contributed by atoms with E-state index in [1.165, 1.54) is 20.8 Å². The Morgan fingerprint density at radius 2 is 1.40 bits per heavy atom. The third-order valence-corrected chi connectivity index (χ3v) is 5.37. The molecule has 0 radical (unpaired) electrons. The zero-order valence-corrected chi connectivity index (χ0v) is 20.8. The van der Waals surface area contributed by atoms with Crippen LogP contribution < -0.4 is 5.32 Å². The molecule has 1 atom stereocenters. The molecule has 0 spiro atoms. The molecule has 0 bridgehead atoms. The Morgan fingerprint density at radius 1 is 0.886 bits per heavy atom. The van der Waals surface area contributed by atoms with E-state index in [0.717, 1.165) is 11.1 Å². The second-order valence-electron chi connectivity index (χ2n) is 10.2. The number of Topliss-reactive ketones (excluding diaryl/α,β-unsaturated/α-hetero) is 1. The summed E-state index contributed by atoms with van der Waals surface area (Å²) in [5.41, 5.74) is 0.220. The molecule has 35 heavy (non-hydrogen) atoms. The standard InChI is InChI=1S/C27H31NO7/c1-25(2,3)35-24(32)28-27(6,21(29)20-22(30)33-26(4,5)34-23(20)31)16-17-12-14-19(15-13-17)18-10-8-7-9-11-18/h7-15,20H,16H2,1-6H3,(H,28,32)/t27-/m0/s1. The van der Waals surface area contributed by atoms with E-state index in [1.54, 1.807) is 20.8 Å². The first-order chi connectivity index (χ1) is 16.2. The minimum Gasteiger partial charge on any atom is -0.444 e. The van der Waals surface area contributed by atoms with Gasteiger partial charge in [0.1, 0.15) is 11.1 Å². The quantitative estimate of drug-likeness (QED) is 0.487. The molecule has 1 fully saturated rings. The van der Waals surface area contributed by atoms with Crippen molar-refractivity contribution in [3.8, 4) is 11.1 Å². The molecule has 8 heteroatoms. The Bertz CT molecular complexity index is 1100. The van der Waals surface area contributed by atoms with Crippen molar-refractivity contribution in [1.29, 1.82) is 0 Å². The van der Waals surface area contributed by atoms with Crippen molar-refractivity contribution in [1.82, 2.24) is 5.32 Å². The zero-order valence-electron chi connectivity index (χ0n) is 20.8. The fourth-order valence-corrected chi connectivity index (χ4v) is 3.83. The highest BCUT2D eigenvalue weighted by Gasteiger charge is 2.53. The van der Waals surface area contributed by atoms with Gasteiger partial charge in [-0.2, -0.15) is 0 Å². The van der Waals surface area contributed by atoms with Crippen molar-refractivity contribution in [2.75, 3.05) is 0 Å². The summed E-state index contributed by atoms with van der Waals surface area (Å²) in [6.45, 7) is 9.31. The Labute approximate surface area is 204 Å². The number of hydrogen-bond acceptors (Lipinski definition) is 7. The van der Waals surface area contributed by atoms with Crippen molar-refractivity contribution in [3.05, 3.63) is 60.2 Å². The summed E-state index contributed by atoms with van der Waals surface area (Å²) in [5.74, 6) is -6.19. The molecule has 0 saturated carbocycles. The molecule has 2 aromatic carbocycles. The van der Waals surface area contributed by atoms with E-state index in [4.69, 9.17) is 14.2 Å². The average molecular weight is 482 g/mol. The van der Waals surface area contributed by atoms with Gasteiger partial charge in [-0.1, -0.05) is 54.6 Å². The van der Waals surface area contributed by atoms with Crippen LogP contribution in [0.3, 0.4) is 0 Å². The monoisotopic (exact) mass is 481 g/mol. The van der Waals surface area contributed by atoms with Crippen LogP contribution >= 0.6 is 0 Å². The van der Waals surface area contributed by atoms with Crippen LogP contribution in [0.4, 0.5) is 4.79 Å². The number of carbonyl (C=O) groups excluding carboxylic acids is 4. The summed E-state index contributed by atoms with van der Waals surface area (Å²) in [5, 5.41) is 2.58. The lowest BCUT2D eigenvalue weighted by Crippen LogP contribution is -2.61. The van der Waals surface area contributed by atoms with Crippen LogP contribution in [0, 0.1) is 5.92 Å². The summed E-state index contributed by atoms with van der Waals surface area (Å²) in [4.78, 5) is 51.4. The van der Waals surface area contributed by atoms with E-state index in [-0.39, 0.29) is 6.42 Å². The Hall–Kier alpha value is -3.68. The number of benzene rings is 2. The van der Waals surface area contributed by atoms with Gasteiger partial charge in [0, 0.05) is 20.3 Å². The lowest BCUT2D eigenvalue weighted by molar-refractivity contribution is -0.238. The molecule has 1 heterocycles. The number of nitrogens with one attached hydrogen (secondary N) is 1. The Morgan fingerprint density at radius 3 is 1.91 bits per heavy atom. The molecule has 1 aliphatic heterocycles. The number of carbonyl (C=O) groups is 4. The fourth-order valence-electron chi connectivity index (χ4n) is 3.83. The predicted octanol–water partition coefficient (Wildman–Crippen LogP) is 4.20. The first kappa shape index (κ1) is 25.9. The second-order valence-corrected chi connectivity index (χ2v) is 10.2. The van der Waals surface area contributed by atoms with Crippen molar-refractivity contribution in [2.45, 2.75) is 64.9 Å². The Balaban J connectivity index is 1.91. The van der Waals surface area contributed by atoms with Crippen LogP contribution in [0.2, 0.25) is 0 Å². The van der Waals surface area contributed by atoms with Gasteiger partial charge in [-0.25, -0.2) is 4.79 Å². The largest absolute Gasteiger partial charge is 0.444 e. The predicted molar refractivity (Wildman–Crippen MR) is 128 cm³/mol. The molecule has 3 rings (SSSR count). The van der Waals surface area contributed by atoms with Gasteiger partial charge in [-0.15, -0.1) is 0 Å². The normalized spacial score (nSPS) is 17.5. The van der Waals surface area contributed by atoms with Crippen molar-refractivity contribution in [3.63, 3.8) is 0 Å². The van der Waals surface area contributed by atoms with Gasteiger partial charge >= 0.3 is 18.0 Å². The van der Waals surface area contributed by atoms with E-state index in [2.05, 4.69) is 5.32 Å². The summed E-state index contributed by atoms with van der Waals surface area (Å²) < 4.78 is 15.6. The molecule has 186 valence electrons. The molecule has 0 unspecified atom stereocenters. The van der Waals surface area contributed by atoms with Crippen LogP contribution in [0.15, 0.2) is 54.6 Å². The summed E-state index contributed by atoms with van der Waals surface area (Å²) in [6, 6.07) is 17.2. The molecule has 8 nitrogen and oxygen atoms in total. The molecule has 1 aliphatic rings. The van der Waals surface area contributed by atoms with Gasteiger partial charge in [-0.3, -0.25) is 14.4 Å². The van der Waals surface area contributed by atoms with E-state index in [0.29, 0.717) is 5.56 Å². The third kappa shape index (κ3) is 6.47. The van der Waals surface area contributed by atoms with E-state index in [9.17, 15) is 19.2 Å². The Kier molecular flexibility index (Phi) is 7.06. The summed E-state index contributed by atoms with van der Waals surface area (Å²) >= 11 is 0. The number of cyclic esters (lactones) is 2. The highest BCUT2D eigenvalue weighted by molar-refractivity contribution is 6.19. The second kappa shape index (κ2) is 9.52. The third-order valence-electron chi connectivity index (χ3n) is 5.37. The maximum absolute atomic E-state index is 13.6. The molecule has 2 aromatic rings. The summed E-state index contributed by atoms with van der Waals surface area (Å²) in [7, 11) is 0. The first-order valence-electron chi connectivity index (χ1n) is 11.3.